The van der Waals surface area contributed by atoms with Gasteiger partial charge in [0, 0.05) is 26.4 Å². The van der Waals surface area contributed by atoms with Gasteiger partial charge >= 0.3 is 5.97 Å². The number of hydrogen-bond donors (Lipinski definition) is 0. The second kappa shape index (κ2) is 16.1. The van der Waals surface area contributed by atoms with Crippen molar-refractivity contribution in [2.75, 3.05) is 33.0 Å². The van der Waals surface area contributed by atoms with Crippen LogP contribution in [0.3, 0.4) is 0 Å². The molecule has 28 heavy (non-hydrogen) atoms. The first-order valence-corrected chi connectivity index (χ1v) is 11.3. The summed E-state index contributed by atoms with van der Waals surface area (Å²) in [6.45, 7) is 11.2. The van der Waals surface area contributed by atoms with Gasteiger partial charge in [-0.2, -0.15) is 0 Å². The van der Waals surface area contributed by atoms with Crippen LogP contribution in [0.25, 0.3) is 0 Å². The average molecular weight is 403 g/mol. The predicted molar refractivity (Wildman–Crippen MR) is 110 cm³/mol. The lowest BCUT2D eigenvalue weighted by Gasteiger charge is -2.41. The molecular formula is C22H42O6. The number of ether oxygens (including phenoxy) is 5. The number of carbonyl (C=O) groups is 1. The molecule has 1 heterocycles. The van der Waals surface area contributed by atoms with E-state index in [4.69, 9.17) is 23.7 Å². The van der Waals surface area contributed by atoms with E-state index in [0.29, 0.717) is 33.0 Å². The Balaban J connectivity index is 2.86. The first-order valence-electron chi connectivity index (χ1n) is 11.3. The highest BCUT2D eigenvalue weighted by atomic mass is 16.6. The quantitative estimate of drug-likeness (QED) is 0.267. The van der Waals surface area contributed by atoms with Crippen LogP contribution in [0, 0.1) is 0 Å². The van der Waals surface area contributed by atoms with Crippen LogP contribution < -0.4 is 0 Å². The number of cyclic esters (lactones) is 1. The van der Waals surface area contributed by atoms with Crippen LogP contribution >= 0.6 is 0 Å². The molecule has 1 rings (SSSR count). The van der Waals surface area contributed by atoms with Crippen molar-refractivity contribution >= 4 is 5.97 Å². The zero-order valence-corrected chi connectivity index (χ0v) is 18.5. The van der Waals surface area contributed by atoms with Crippen molar-refractivity contribution in [2.24, 2.45) is 0 Å². The van der Waals surface area contributed by atoms with Crippen LogP contribution in [0.15, 0.2) is 0 Å². The van der Waals surface area contributed by atoms with Gasteiger partial charge in [0.25, 0.3) is 0 Å². The molecule has 6 nitrogen and oxygen atoms in total. The molecule has 0 spiro atoms. The van der Waals surface area contributed by atoms with Crippen LogP contribution in [0.1, 0.15) is 79.1 Å². The minimum Gasteiger partial charge on any atom is -0.455 e. The SMILES string of the molecule is CCCCOC[C@H]1OC(=O)C(OCCCC)[C@@H](OCCCC)C1OCCCC. The van der Waals surface area contributed by atoms with E-state index in [1.54, 1.807) is 0 Å². The molecule has 6 heteroatoms. The van der Waals surface area contributed by atoms with Gasteiger partial charge in [0.1, 0.15) is 12.2 Å². The Bertz CT molecular complexity index is 389. The van der Waals surface area contributed by atoms with Crippen LogP contribution in [-0.2, 0) is 28.5 Å². The highest BCUT2D eigenvalue weighted by molar-refractivity contribution is 5.77. The standard InChI is InChI=1S/C22H42O6/c1-5-9-13-24-17-18-19(25-14-10-6-2)20(26-15-11-7-3)21(22(23)28-18)27-16-12-8-4/h18-21H,5-17H2,1-4H3/t18-,19?,20+,21?/m1/s1. The summed E-state index contributed by atoms with van der Waals surface area (Å²) < 4.78 is 29.6. The second-order valence-electron chi connectivity index (χ2n) is 7.43. The lowest BCUT2D eigenvalue weighted by Crippen LogP contribution is -2.60. The molecule has 166 valence electrons. The molecule has 0 bridgehead atoms. The fourth-order valence-electron chi connectivity index (χ4n) is 3.01. The van der Waals surface area contributed by atoms with E-state index in [1.165, 1.54) is 0 Å². The van der Waals surface area contributed by atoms with Crippen molar-refractivity contribution in [3.05, 3.63) is 0 Å². The number of esters is 1. The molecule has 1 saturated heterocycles. The number of carbonyl (C=O) groups excluding carboxylic acids is 1. The Hall–Kier alpha value is -0.690. The maximum absolute atomic E-state index is 12.7. The van der Waals surface area contributed by atoms with Crippen LogP contribution in [-0.4, -0.2) is 63.4 Å². The molecule has 4 atom stereocenters. The van der Waals surface area contributed by atoms with Crippen molar-refractivity contribution in [3.63, 3.8) is 0 Å². The predicted octanol–water partition coefficient (Wildman–Crippen LogP) is 4.28. The van der Waals surface area contributed by atoms with Gasteiger partial charge in [0.15, 0.2) is 12.2 Å². The first-order chi connectivity index (χ1) is 13.7. The van der Waals surface area contributed by atoms with Gasteiger partial charge in [-0.25, -0.2) is 4.79 Å². The summed E-state index contributed by atoms with van der Waals surface area (Å²) >= 11 is 0. The topological polar surface area (TPSA) is 63.2 Å². The number of rotatable bonds is 17. The Kier molecular flexibility index (Phi) is 14.6. The highest BCUT2D eigenvalue weighted by Crippen LogP contribution is 2.26. The first kappa shape index (κ1) is 25.3. The molecule has 1 aliphatic rings. The summed E-state index contributed by atoms with van der Waals surface area (Å²) in [5, 5.41) is 0. The lowest BCUT2D eigenvalue weighted by atomic mass is 9.98. The maximum Gasteiger partial charge on any atom is 0.338 e. The number of unbranched alkanes of at least 4 members (excludes halogenated alkanes) is 4. The molecule has 2 unspecified atom stereocenters. The van der Waals surface area contributed by atoms with E-state index in [0.717, 1.165) is 51.4 Å². The number of hydrogen-bond acceptors (Lipinski definition) is 6. The van der Waals surface area contributed by atoms with Gasteiger partial charge in [-0.05, 0) is 25.7 Å². The van der Waals surface area contributed by atoms with E-state index >= 15 is 0 Å². The molecule has 0 aliphatic carbocycles. The zero-order valence-electron chi connectivity index (χ0n) is 18.5. The Morgan fingerprint density at radius 1 is 0.714 bits per heavy atom. The molecule has 0 radical (unpaired) electrons. The summed E-state index contributed by atoms with van der Waals surface area (Å²) in [4.78, 5) is 12.7. The average Bonchev–Trinajstić information content (AvgIpc) is 2.69. The zero-order chi connectivity index (χ0) is 20.6. The fourth-order valence-corrected chi connectivity index (χ4v) is 3.01. The molecular weight excluding hydrogens is 360 g/mol. The van der Waals surface area contributed by atoms with E-state index in [-0.39, 0.29) is 12.1 Å². The molecule has 1 aliphatic heterocycles. The van der Waals surface area contributed by atoms with Gasteiger partial charge in [-0.15, -0.1) is 0 Å². The van der Waals surface area contributed by atoms with Crippen molar-refractivity contribution in [1.29, 1.82) is 0 Å². The normalized spacial score (nSPS) is 25.1. The molecule has 0 saturated carbocycles. The van der Waals surface area contributed by atoms with Crippen molar-refractivity contribution in [3.8, 4) is 0 Å². The molecule has 0 aromatic carbocycles. The van der Waals surface area contributed by atoms with Crippen molar-refractivity contribution < 1.29 is 28.5 Å². The van der Waals surface area contributed by atoms with Crippen molar-refractivity contribution in [2.45, 2.75) is 103 Å². The minimum absolute atomic E-state index is 0.331. The third kappa shape index (κ3) is 9.21. The van der Waals surface area contributed by atoms with Gasteiger partial charge in [0.2, 0.25) is 0 Å². The van der Waals surface area contributed by atoms with E-state index in [1.807, 2.05) is 0 Å². The van der Waals surface area contributed by atoms with Crippen LogP contribution in [0.4, 0.5) is 0 Å². The largest absolute Gasteiger partial charge is 0.455 e. The summed E-state index contributed by atoms with van der Waals surface area (Å²) in [6, 6.07) is 0. The van der Waals surface area contributed by atoms with Gasteiger partial charge in [-0.1, -0.05) is 53.4 Å². The Morgan fingerprint density at radius 3 is 1.79 bits per heavy atom. The molecule has 1 fully saturated rings. The fraction of sp³-hybridized carbons (Fsp3) is 0.955. The van der Waals surface area contributed by atoms with Gasteiger partial charge < -0.3 is 23.7 Å². The Labute approximate surface area is 171 Å². The van der Waals surface area contributed by atoms with Crippen LogP contribution in [0.2, 0.25) is 0 Å². The third-order valence-electron chi connectivity index (χ3n) is 4.82. The van der Waals surface area contributed by atoms with Gasteiger partial charge in [0.05, 0.1) is 6.61 Å². The lowest BCUT2D eigenvalue weighted by molar-refractivity contribution is -0.233. The van der Waals surface area contributed by atoms with Gasteiger partial charge in [-0.3, -0.25) is 0 Å². The second-order valence-corrected chi connectivity index (χ2v) is 7.43. The molecule has 0 N–H and O–H groups in total. The maximum atomic E-state index is 12.7. The molecule has 0 aromatic rings. The molecule has 0 aromatic heterocycles. The smallest absolute Gasteiger partial charge is 0.338 e. The third-order valence-corrected chi connectivity index (χ3v) is 4.82. The van der Waals surface area contributed by atoms with Crippen molar-refractivity contribution in [1.82, 2.24) is 0 Å². The van der Waals surface area contributed by atoms with Crippen LogP contribution in [0.5, 0.6) is 0 Å². The van der Waals surface area contributed by atoms with E-state index in [2.05, 4.69) is 27.7 Å². The summed E-state index contributed by atoms with van der Waals surface area (Å²) in [6.07, 6.45) is 5.91. The molecule has 0 amide bonds. The van der Waals surface area contributed by atoms with E-state index in [9.17, 15) is 4.79 Å². The summed E-state index contributed by atoms with van der Waals surface area (Å²) in [7, 11) is 0. The van der Waals surface area contributed by atoms with E-state index < -0.39 is 18.3 Å². The summed E-state index contributed by atoms with van der Waals surface area (Å²) in [5.74, 6) is -0.364. The monoisotopic (exact) mass is 402 g/mol. The minimum atomic E-state index is -0.734. The Morgan fingerprint density at radius 2 is 1.21 bits per heavy atom. The highest BCUT2D eigenvalue weighted by Gasteiger charge is 2.48. The summed E-state index contributed by atoms with van der Waals surface area (Å²) in [5.41, 5.74) is 0.